The van der Waals surface area contributed by atoms with Crippen LogP contribution < -0.4 is 10.6 Å². The van der Waals surface area contributed by atoms with Gasteiger partial charge in [-0.25, -0.2) is 4.79 Å². The van der Waals surface area contributed by atoms with Crippen molar-refractivity contribution in [2.75, 3.05) is 6.54 Å². The number of carbonyl (C=O) groups excluding carboxylic acids is 1. The molecule has 0 aliphatic heterocycles. The van der Waals surface area contributed by atoms with Crippen molar-refractivity contribution in [1.82, 2.24) is 10.6 Å². The fraction of sp³-hybridized carbons (Fsp3) is 0.688. The summed E-state index contributed by atoms with van der Waals surface area (Å²) in [7, 11) is 0. The van der Waals surface area contributed by atoms with Crippen LogP contribution in [0.4, 0.5) is 4.79 Å². The summed E-state index contributed by atoms with van der Waals surface area (Å²) in [5.74, 6) is 0.322. The first-order valence-corrected chi connectivity index (χ1v) is 9.17. The number of rotatable bonds is 6. The fourth-order valence-corrected chi connectivity index (χ4v) is 3.33. The Labute approximate surface area is 146 Å². The normalized spacial score (nSPS) is 14.7. The van der Waals surface area contributed by atoms with Crippen LogP contribution in [0.5, 0.6) is 0 Å². The van der Waals surface area contributed by atoms with Crippen LogP contribution in [0.15, 0.2) is 15.9 Å². The number of carbonyl (C=O) groups is 1. The first-order valence-electron chi connectivity index (χ1n) is 7.56. The van der Waals surface area contributed by atoms with Gasteiger partial charge in [-0.1, -0.05) is 13.8 Å². The van der Waals surface area contributed by atoms with Gasteiger partial charge in [-0.3, -0.25) is 0 Å². The predicted octanol–water partition coefficient (Wildman–Crippen LogP) is 4.71. The Hall–Kier alpha value is -0.590. The van der Waals surface area contributed by atoms with Gasteiger partial charge in [0.2, 0.25) is 0 Å². The molecule has 0 saturated heterocycles. The molecule has 0 aromatic carbocycles. The third-order valence-corrected chi connectivity index (χ3v) is 4.98. The van der Waals surface area contributed by atoms with Crippen LogP contribution in [0, 0.1) is 5.92 Å². The van der Waals surface area contributed by atoms with Crippen molar-refractivity contribution in [2.45, 2.75) is 59.2 Å². The lowest BCUT2D eigenvalue weighted by Gasteiger charge is -2.27. The maximum Gasteiger partial charge on any atom is 0.407 e. The number of halogens is 1. The van der Waals surface area contributed by atoms with Gasteiger partial charge >= 0.3 is 6.09 Å². The second kappa shape index (κ2) is 8.31. The average molecular weight is 391 g/mol. The van der Waals surface area contributed by atoms with Gasteiger partial charge in [0.15, 0.2) is 0 Å². The van der Waals surface area contributed by atoms with E-state index in [1.165, 1.54) is 4.88 Å². The Kier molecular flexibility index (Phi) is 7.35. The van der Waals surface area contributed by atoms with Crippen molar-refractivity contribution in [1.29, 1.82) is 0 Å². The van der Waals surface area contributed by atoms with Gasteiger partial charge in [-0.2, -0.15) is 0 Å². The van der Waals surface area contributed by atoms with E-state index in [1.54, 1.807) is 11.3 Å². The van der Waals surface area contributed by atoms with Crippen molar-refractivity contribution < 1.29 is 9.53 Å². The highest BCUT2D eigenvalue weighted by Crippen LogP contribution is 2.27. The Morgan fingerprint density at radius 3 is 2.41 bits per heavy atom. The van der Waals surface area contributed by atoms with E-state index in [0.29, 0.717) is 12.5 Å². The molecule has 126 valence electrons. The van der Waals surface area contributed by atoms with Crippen molar-refractivity contribution >= 4 is 33.4 Å². The van der Waals surface area contributed by atoms with E-state index in [9.17, 15) is 4.79 Å². The maximum absolute atomic E-state index is 11.9. The average Bonchev–Trinajstić information content (AvgIpc) is 2.78. The van der Waals surface area contributed by atoms with E-state index in [2.05, 4.69) is 59.5 Å². The van der Waals surface area contributed by atoms with Gasteiger partial charge < -0.3 is 15.4 Å². The topological polar surface area (TPSA) is 50.4 Å². The van der Waals surface area contributed by atoms with Crippen molar-refractivity contribution in [3.8, 4) is 0 Å². The van der Waals surface area contributed by atoms with Crippen LogP contribution in [0.25, 0.3) is 0 Å². The molecule has 0 bridgehead atoms. The summed E-state index contributed by atoms with van der Waals surface area (Å²) in [5.41, 5.74) is -0.477. The van der Waals surface area contributed by atoms with Crippen LogP contribution in [0.2, 0.25) is 0 Å². The number of thiophene rings is 1. The Balaban J connectivity index is 2.52. The van der Waals surface area contributed by atoms with Crippen LogP contribution in [0.3, 0.4) is 0 Å². The third kappa shape index (κ3) is 7.11. The minimum Gasteiger partial charge on any atom is -0.444 e. The number of hydrogen-bond donors (Lipinski definition) is 2. The molecule has 1 aromatic heterocycles. The largest absolute Gasteiger partial charge is 0.444 e. The van der Waals surface area contributed by atoms with E-state index < -0.39 is 5.60 Å². The Bertz CT molecular complexity index is 483. The molecule has 1 heterocycles. The molecule has 1 aromatic rings. The lowest BCUT2D eigenvalue weighted by atomic mass is 10.0. The molecule has 0 radical (unpaired) electrons. The van der Waals surface area contributed by atoms with Crippen LogP contribution in [-0.2, 0) is 4.74 Å². The second-order valence-corrected chi connectivity index (χ2v) is 9.26. The zero-order chi connectivity index (χ0) is 16.9. The van der Waals surface area contributed by atoms with Gasteiger partial charge in [0, 0.05) is 23.5 Å². The third-order valence-electron chi connectivity index (χ3n) is 3.17. The minimum atomic E-state index is -0.477. The highest BCUT2D eigenvalue weighted by Gasteiger charge is 2.22. The number of amides is 1. The minimum absolute atomic E-state index is 0.0284. The van der Waals surface area contributed by atoms with Gasteiger partial charge in [0.05, 0.1) is 3.79 Å². The smallest absolute Gasteiger partial charge is 0.407 e. The molecule has 1 rings (SSSR count). The molecule has 6 heteroatoms. The Morgan fingerprint density at radius 2 is 1.95 bits per heavy atom. The zero-order valence-corrected chi connectivity index (χ0v) is 16.6. The highest BCUT2D eigenvalue weighted by atomic mass is 79.9. The summed E-state index contributed by atoms with van der Waals surface area (Å²) in [5, 5.41) is 6.44. The first kappa shape index (κ1) is 19.5. The van der Waals surface area contributed by atoms with Crippen molar-refractivity contribution in [3.05, 3.63) is 20.8 Å². The van der Waals surface area contributed by atoms with Gasteiger partial charge in [-0.15, -0.1) is 11.3 Å². The number of nitrogens with one attached hydrogen (secondary N) is 2. The molecule has 2 unspecified atom stereocenters. The summed E-state index contributed by atoms with van der Waals surface area (Å²) in [4.78, 5) is 13.2. The van der Waals surface area contributed by atoms with Crippen molar-refractivity contribution in [2.24, 2.45) is 5.92 Å². The monoisotopic (exact) mass is 390 g/mol. The molecule has 0 aliphatic carbocycles. The van der Waals surface area contributed by atoms with Crippen LogP contribution in [0.1, 0.15) is 52.5 Å². The predicted molar refractivity (Wildman–Crippen MR) is 96.4 cm³/mol. The molecular weight excluding hydrogens is 364 g/mol. The standard InChI is InChI=1S/C16H27BrN2O2S/c1-10(2)12(19-15(20)21-16(4,5)6)9-18-11(3)13-7-8-14(17)22-13/h7-8,10-12,18H,9H2,1-6H3,(H,19,20). The van der Waals surface area contributed by atoms with Crippen LogP contribution >= 0.6 is 27.3 Å². The second-order valence-electron chi connectivity index (χ2n) is 6.77. The molecule has 2 N–H and O–H groups in total. The molecule has 0 fully saturated rings. The summed E-state index contributed by atoms with van der Waals surface area (Å²) < 4.78 is 6.46. The number of alkyl carbamates (subject to hydrolysis) is 1. The summed E-state index contributed by atoms with van der Waals surface area (Å²) in [6.45, 7) is 12.6. The summed E-state index contributed by atoms with van der Waals surface area (Å²) in [6.07, 6.45) is -0.362. The van der Waals surface area contributed by atoms with E-state index in [1.807, 2.05) is 20.8 Å². The lowest BCUT2D eigenvalue weighted by Crippen LogP contribution is -2.47. The molecule has 22 heavy (non-hydrogen) atoms. The maximum atomic E-state index is 11.9. The summed E-state index contributed by atoms with van der Waals surface area (Å²) >= 11 is 5.20. The van der Waals surface area contributed by atoms with E-state index in [0.717, 1.165) is 3.79 Å². The van der Waals surface area contributed by atoms with Gasteiger partial charge in [0.1, 0.15) is 5.60 Å². The fourth-order valence-electron chi connectivity index (χ4n) is 1.88. The first-order chi connectivity index (χ1) is 10.1. The number of ether oxygens (including phenoxy) is 1. The van der Waals surface area contributed by atoms with E-state index in [-0.39, 0.29) is 18.2 Å². The zero-order valence-electron chi connectivity index (χ0n) is 14.2. The van der Waals surface area contributed by atoms with Crippen LogP contribution in [-0.4, -0.2) is 24.3 Å². The Morgan fingerprint density at radius 1 is 1.32 bits per heavy atom. The van der Waals surface area contributed by atoms with Crippen molar-refractivity contribution in [3.63, 3.8) is 0 Å². The molecule has 0 aliphatic rings. The van der Waals surface area contributed by atoms with E-state index in [4.69, 9.17) is 4.74 Å². The summed E-state index contributed by atoms with van der Waals surface area (Å²) in [6, 6.07) is 4.44. The molecule has 4 nitrogen and oxygen atoms in total. The molecule has 0 spiro atoms. The highest BCUT2D eigenvalue weighted by molar-refractivity contribution is 9.11. The molecule has 1 amide bonds. The SMILES string of the molecule is CC(NCC(NC(=O)OC(C)(C)C)C(C)C)c1ccc(Br)s1. The quantitative estimate of drug-likeness (QED) is 0.738. The number of hydrogen-bond acceptors (Lipinski definition) is 4. The molecule has 0 saturated carbocycles. The van der Waals surface area contributed by atoms with Gasteiger partial charge in [0.25, 0.3) is 0 Å². The van der Waals surface area contributed by atoms with Gasteiger partial charge in [-0.05, 0) is 61.7 Å². The molecule has 2 atom stereocenters. The lowest BCUT2D eigenvalue weighted by molar-refractivity contribution is 0.0489. The molecular formula is C16H27BrN2O2S. The van der Waals surface area contributed by atoms with E-state index >= 15 is 0 Å².